The first-order chi connectivity index (χ1) is 9.06. The van der Waals surface area contributed by atoms with Gasteiger partial charge >= 0.3 is 5.88 Å². The van der Waals surface area contributed by atoms with Gasteiger partial charge in [-0.2, -0.15) is 0 Å². The molecule has 1 aromatic heterocycles. The van der Waals surface area contributed by atoms with Crippen molar-refractivity contribution in [1.29, 1.82) is 0 Å². The predicted molar refractivity (Wildman–Crippen MR) is 72.1 cm³/mol. The van der Waals surface area contributed by atoms with Gasteiger partial charge in [0.05, 0.1) is 12.6 Å². The molecule has 0 saturated heterocycles. The average molecular weight is 281 g/mol. The van der Waals surface area contributed by atoms with Crippen molar-refractivity contribution in [2.24, 2.45) is 0 Å². The second-order valence-corrected chi connectivity index (χ2v) is 4.59. The second kappa shape index (κ2) is 5.86. The van der Waals surface area contributed by atoms with Crippen LogP contribution in [0, 0.1) is 10.1 Å². The molecule has 0 bridgehead atoms. The molecule has 1 aromatic carbocycles. The quantitative estimate of drug-likeness (QED) is 0.670. The van der Waals surface area contributed by atoms with Crippen LogP contribution < -0.4 is 5.32 Å². The van der Waals surface area contributed by atoms with Gasteiger partial charge in [0.15, 0.2) is 0 Å². The molecule has 1 heterocycles. The van der Waals surface area contributed by atoms with Gasteiger partial charge in [0.2, 0.25) is 0 Å². The van der Waals surface area contributed by atoms with E-state index in [0.29, 0.717) is 17.3 Å². The Morgan fingerprint density at radius 3 is 2.84 bits per heavy atom. The summed E-state index contributed by atoms with van der Waals surface area (Å²) in [5.74, 6) is 0.285. The number of furan rings is 1. The number of hydrogen-bond acceptors (Lipinski definition) is 4. The van der Waals surface area contributed by atoms with Crippen molar-refractivity contribution in [1.82, 2.24) is 5.32 Å². The van der Waals surface area contributed by atoms with Gasteiger partial charge in [0.1, 0.15) is 10.7 Å². The summed E-state index contributed by atoms with van der Waals surface area (Å²) in [5.41, 5.74) is 1.05. The lowest BCUT2D eigenvalue weighted by atomic mass is 10.1. The molecule has 2 rings (SSSR count). The minimum Gasteiger partial charge on any atom is -0.404 e. The Morgan fingerprint density at radius 1 is 1.42 bits per heavy atom. The molecule has 0 radical (unpaired) electrons. The van der Waals surface area contributed by atoms with E-state index >= 15 is 0 Å². The minimum atomic E-state index is -0.552. The molecule has 0 aliphatic heterocycles. The van der Waals surface area contributed by atoms with Gasteiger partial charge in [0.25, 0.3) is 0 Å². The normalized spacial score (nSPS) is 12.3. The Hall–Kier alpha value is -1.85. The molecule has 0 aliphatic rings. The van der Waals surface area contributed by atoms with Crippen molar-refractivity contribution < 1.29 is 9.34 Å². The first kappa shape index (κ1) is 13.6. The van der Waals surface area contributed by atoms with Crippen LogP contribution in [0.5, 0.6) is 0 Å². The molecular weight excluding hydrogens is 268 g/mol. The van der Waals surface area contributed by atoms with Gasteiger partial charge in [0, 0.05) is 11.1 Å². The van der Waals surface area contributed by atoms with Crippen LogP contribution in [0.15, 0.2) is 40.8 Å². The standard InChI is InChI=1S/C13H13ClN2O3/c1-9(10-3-2-4-11(14)7-10)15-8-12-5-6-13(19-12)16(17)18/h2-7,9,15H,8H2,1H3/t9-/m0/s1. The summed E-state index contributed by atoms with van der Waals surface area (Å²) in [4.78, 5) is 9.94. The Labute approximate surface area is 115 Å². The number of nitrogens with zero attached hydrogens (tertiary/aromatic N) is 1. The molecule has 1 atom stereocenters. The fraction of sp³-hybridized carbons (Fsp3) is 0.231. The number of nitro groups is 1. The lowest BCUT2D eigenvalue weighted by molar-refractivity contribution is -0.402. The van der Waals surface area contributed by atoms with Crippen molar-refractivity contribution in [2.45, 2.75) is 19.5 Å². The van der Waals surface area contributed by atoms with E-state index in [9.17, 15) is 10.1 Å². The zero-order chi connectivity index (χ0) is 13.8. The largest absolute Gasteiger partial charge is 0.433 e. The fourth-order valence-electron chi connectivity index (χ4n) is 1.71. The van der Waals surface area contributed by atoms with Crippen LogP contribution in [0.4, 0.5) is 5.88 Å². The van der Waals surface area contributed by atoms with E-state index in [1.165, 1.54) is 6.07 Å². The number of benzene rings is 1. The van der Waals surface area contributed by atoms with Crippen LogP contribution in [0.2, 0.25) is 5.02 Å². The van der Waals surface area contributed by atoms with Gasteiger partial charge in [-0.3, -0.25) is 10.1 Å². The number of halogens is 1. The number of rotatable bonds is 5. The van der Waals surface area contributed by atoms with Crippen LogP contribution in [0.3, 0.4) is 0 Å². The Kier molecular flexibility index (Phi) is 4.19. The lowest BCUT2D eigenvalue weighted by Gasteiger charge is -2.13. The highest BCUT2D eigenvalue weighted by molar-refractivity contribution is 6.30. The predicted octanol–water partition coefficient (Wildman–Crippen LogP) is 3.69. The highest BCUT2D eigenvalue weighted by Gasteiger charge is 2.12. The van der Waals surface area contributed by atoms with Gasteiger partial charge < -0.3 is 9.73 Å². The van der Waals surface area contributed by atoms with E-state index < -0.39 is 4.92 Å². The van der Waals surface area contributed by atoms with Gasteiger partial charge in [-0.25, -0.2) is 0 Å². The second-order valence-electron chi connectivity index (χ2n) is 4.15. The summed E-state index contributed by atoms with van der Waals surface area (Å²) in [5, 5.41) is 14.4. The third-order valence-electron chi connectivity index (χ3n) is 2.76. The van der Waals surface area contributed by atoms with Crippen LogP contribution in [-0.2, 0) is 6.54 Å². The van der Waals surface area contributed by atoms with Crippen LogP contribution in [0.1, 0.15) is 24.3 Å². The molecule has 0 aliphatic carbocycles. The van der Waals surface area contributed by atoms with Crippen LogP contribution in [-0.4, -0.2) is 4.92 Å². The summed E-state index contributed by atoms with van der Waals surface area (Å²) in [6.07, 6.45) is 0. The van der Waals surface area contributed by atoms with Crippen molar-refractivity contribution in [3.8, 4) is 0 Å². The van der Waals surface area contributed by atoms with E-state index in [-0.39, 0.29) is 11.9 Å². The molecule has 0 amide bonds. The fourth-order valence-corrected chi connectivity index (χ4v) is 1.91. The first-order valence-electron chi connectivity index (χ1n) is 5.78. The molecule has 0 unspecified atom stereocenters. The number of nitrogens with one attached hydrogen (secondary N) is 1. The van der Waals surface area contributed by atoms with E-state index in [0.717, 1.165) is 5.56 Å². The highest BCUT2D eigenvalue weighted by atomic mass is 35.5. The Balaban J connectivity index is 1.96. The monoisotopic (exact) mass is 280 g/mol. The van der Waals surface area contributed by atoms with Gasteiger partial charge in [-0.15, -0.1) is 0 Å². The SMILES string of the molecule is C[C@H](NCc1ccc([N+](=O)[O-])o1)c1cccc(Cl)c1. The zero-order valence-corrected chi connectivity index (χ0v) is 11.1. The minimum absolute atomic E-state index is 0.0721. The summed E-state index contributed by atoms with van der Waals surface area (Å²) in [6, 6.07) is 10.6. The lowest BCUT2D eigenvalue weighted by Crippen LogP contribution is -2.17. The smallest absolute Gasteiger partial charge is 0.404 e. The molecule has 5 nitrogen and oxygen atoms in total. The molecule has 0 spiro atoms. The number of hydrogen-bond donors (Lipinski definition) is 1. The summed E-state index contributed by atoms with van der Waals surface area (Å²) in [7, 11) is 0. The molecule has 100 valence electrons. The molecule has 1 N–H and O–H groups in total. The summed E-state index contributed by atoms with van der Waals surface area (Å²) >= 11 is 5.92. The maximum Gasteiger partial charge on any atom is 0.433 e. The Morgan fingerprint density at radius 2 is 2.21 bits per heavy atom. The van der Waals surface area contributed by atoms with E-state index in [1.54, 1.807) is 6.07 Å². The van der Waals surface area contributed by atoms with Crippen LogP contribution >= 0.6 is 11.6 Å². The van der Waals surface area contributed by atoms with Crippen molar-refractivity contribution in [3.63, 3.8) is 0 Å². The maximum absolute atomic E-state index is 10.5. The van der Waals surface area contributed by atoms with E-state index in [2.05, 4.69) is 5.32 Å². The Bertz CT molecular complexity index is 583. The molecule has 0 saturated carbocycles. The van der Waals surface area contributed by atoms with E-state index in [1.807, 2.05) is 31.2 Å². The molecular formula is C13H13ClN2O3. The first-order valence-corrected chi connectivity index (χ1v) is 6.16. The van der Waals surface area contributed by atoms with Crippen molar-refractivity contribution >= 4 is 17.5 Å². The topological polar surface area (TPSA) is 68.3 Å². The molecule has 0 fully saturated rings. The van der Waals surface area contributed by atoms with Gasteiger partial charge in [-0.05, 0) is 30.7 Å². The summed E-state index contributed by atoms with van der Waals surface area (Å²) in [6.45, 7) is 2.41. The average Bonchev–Trinajstić information content (AvgIpc) is 2.85. The summed E-state index contributed by atoms with van der Waals surface area (Å²) < 4.78 is 5.07. The van der Waals surface area contributed by atoms with Crippen molar-refractivity contribution in [3.05, 3.63) is 62.9 Å². The highest BCUT2D eigenvalue weighted by Crippen LogP contribution is 2.19. The molecule has 6 heteroatoms. The van der Waals surface area contributed by atoms with Gasteiger partial charge in [-0.1, -0.05) is 23.7 Å². The van der Waals surface area contributed by atoms with E-state index in [4.69, 9.17) is 16.0 Å². The van der Waals surface area contributed by atoms with Crippen LogP contribution in [0.25, 0.3) is 0 Å². The molecule has 19 heavy (non-hydrogen) atoms. The third-order valence-corrected chi connectivity index (χ3v) is 2.99. The third kappa shape index (κ3) is 3.56. The van der Waals surface area contributed by atoms with Crippen molar-refractivity contribution in [2.75, 3.05) is 0 Å². The maximum atomic E-state index is 10.5. The molecule has 2 aromatic rings. The zero-order valence-electron chi connectivity index (χ0n) is 10.3.